The summed E-state index contributed by atoms with van der Waals surface area (Å²) in [6.45, 7) is 10.1. The third-order valence-electron chi connectivity index (χ3n) is 4.24. The lowest BCUT2D eigenvalue weighted by atomic mass is 9.80. The van der Waals surface area contributed by atoms with Gasteiger partial charge in [0.1, 0.15) is 5.82 Å². The van der Waals surface area contributed by atoms with Gasteiger partial charge in [-0.3, -0.25) is 4.90 Å². The van der Waals surface area contributed by atoms with Gasteiger partial charge in [-0.05, 0) is 35.9 Å². The first-order chi connectivity index (χ1) is 8.90. The van der Waals surface area contributed by atoms with Gasteiger partial charge in [0.2, 0.25) is 0 Å². The second kappa shape index (κ2) is 5.59. The molecule has 3 heteroatoms. The normalized spacial score (nSPS) is 21.0. The molecule has 0 saturated carbocycles. The monoisotopic (exact) mass is 264 g/mol. The van der Waals surface area contributed by atoms with E-state index >= 15 is 0 Å². The van der Waals surface area contributed by atoms with Crippen LogP contribution in [0.4, 0.5) is 4.39 Å². The second-order valence-corrected chi connectivity index (χ2v) is 6.72. The molecule has 1 aromatic carbocycles. The highest BCUT2D eigenvalue weighted by Gasteiger charge is 2.31. The van der Waals surface area contributed by atoms with E-state index in [2.05, 4.69) is 25.7 Å². The molecule has 1 heterocycles. The fourth-order valence-electron chi connectivity index (χ4n) is 2.77. The van der Waals surface area contributed by atoms with Crippen LogP contribution >= 0.6 is 0 Å². The van der Waals surface area contributed by atoms with E-state index in [1.54, 1.807) is 6.07 Å². The first-order valence-corrected chi connectivity index (χ1v) is 7.10. The lowest BCUT2D eigenvalue weighted by molar-refractivity contribution is 0.225. The van der Waals surface area contributed by atoms with Gasteiger partial charge in [0.05, 0.1) is 0 Å². The van der Waals surface area contributed by atoms with Gasteiger partial charge in [0.15, 0.2) is 0 Å². The Morgan fingerprint density at radius 1 is 1.37 bits per heavy atom. The van der Waals surface area contributed by atoms with Crippen molar-refractivity contribution in [3.8, 4) is 0 Å². The molecule has 0 aromatic heterocycles. The maximum Gasteiger partial charge on any atom is 0.128 e. The molecule has 106 valence electrons. The van der Waals surface area contributed by atoms with Crippen molar-refractivity contribution >= 4 is 0 Å². The third-order valence-corrected chi connectivity index (χ3v) is 4.24. The molecular weight excluding hydrogens is 239 g/mol. The van der Waals surface area contributed by atoms with E-state index < -0.39 is 0 Å². The predicted molar refractivity (Wildman–Crippen MR) is 77.1 cm³/mol. The Labute approximate surface area is 115 Å². The van der Waals surface area contributed by atoms with Gasteiger partial charge in [0.25, 0.3) is 0 Å². The lowest BCUT2D eigenvalue weighted by Gasteiger charge is -2.27. The van der Waals surface area contributed by atoms with Crippen LogP contribution in [-0.4, -0.2) is 18.0 Å². The van der Waals surface area contributed by atoms with Gasteiger partial charge < -0.3 is 5.73 Å². The molecule has 0 spiro atoms. The molecule has 1 unspecified atom stereocenters. The molecular formula is C16H25FN2. The van der Waals surface area contributed by atoms with Gasteiger partial charge in [-0.25, -0.2) is 4.39 Å². The van der Waals surface area contributed by atoms with E-state index in [1.165, 1.54) is 6.42 Å². The predicted octanol–water partition coefficient (Wildman–Crippen LogP) is 3.15. The number of likely N-dealkylation sites (tertiary alicyclic amines) is 1. The largest absolute Gasteiger partial charge is 0.326 e. The molecule has 0 amide bonds. The smallest absolute Gasteiger partial charge is 0.128 e. The molecule has 2 nitrogen and oxygen atoms in total. The number of rotatable bonds is 3. The highest BCUT2D eigenvalue weighted by atomic mass is 19.1. The molecule has 1 aliphatic rings. The molecule has 1 atom stereocenters. The Morgan fingerprint density at radius 2 is 2.11 bits per heavy atom. The first kappa shape index (κ1) is 14.5. The minimum Gasteiger partial charge on any atom is -0.326 e. The maximum absolute atomic E-state index is 13.9. The Balaban J connectivity index is 1.99. The van der Waals surface area contributed by atoms with Gasteiger partial charge >= 0.3 is 0 Å². The summed E-state index contributed by atoms with van der Waals surface area (Å²) in [5, 5.41) is 0. The van der Waals surface area contributed by atoms with Crippen LogP contribution < -0.4 is 5.73 Å². The Hall–Kier alpha value is -0.930. The minimum absolute atomic E-state index is 0.123. The van der Waals surface area contributed by atoms with E-state index in [0.717, 1.165) is 24.2 Å². The van der Waals surface area contributed by atoms with Crippen LogP contribution in [0.1, 0.15) is 38.3 Å². The van der Waals surface area contributed by atoms with Crippen molar-refractivity contribution in [2.75, 3.05) is 13.1 Å². The van der Waals surface area contributed by atoms with Crippen LogP contribution in [0.3, 0.4) is 0 Å². The average Bonchev–Trinajstić information content (AvgIpc) is 2.80. The number of nitrogens with zero attached hydrogens (tertiary/aromatic N) is 1. The standard InChI is InChI=1S/C16H25FN2/c1-16(2,3)14-6-7-19(11-14)10-13-5-4-12(9-18)8-15(13)17/h4-5,8,14H,6-7,9-11,18H2,1-3H3. The number of hydrogen-bond acceptors (Lipinski definition) is 2. The molecule has 1 aromatic rings. The van der Waals surface area contributed by atoms with E-state index in [1.807, 2.05) is 12.1 Å². The highest BCUT2D eigenvalue weighted by molar-refractivity contribution is 5.24. The number of benzene rings is 1. The highest BCUT2D eigenvalue weighted by Crippen LogP contribution is 2.34. The summed E-state index contributed by atoms with van der Waals surface area (Å²) in [5.74, 6) is 0.584. The van der Waals surface area contributed by atoms with E-state index in [9.17, 15) is 4.39 Å². The zero-order valence-corrected chi connectivity index (χ0v) is 12.2. The molecule has 1 saturated heterocycles. The zero-order valence-electron chi connectivity index (χ0n) is 12.2. The average molecular weight is 264 g/mol. The van der Waals surface area contributed by atoms with Crippen LogP contribution in [-0.2, 0) is 13.1 Å². The summed E-state index contributed by atoms with van der Waals surface area (Å²) in [4.78, 5) is 2.36. The first-order valence-electron chi connectivity index (χ1n) is 7.10. The molecule has 1 fully saturated rings. The Bertz CT molecular complexity index is 437. The van der Waals surface area contributed by atoms with Crippen molar-refractivity contribution in [2.45, 2.75) is 40.3 Å². The van der Waals surface area contributed by atoms with Crippen LogP contribution in [0.5, 0.6) is 0 Å². The van der Waals surface area contributed by atoms with Crippen molar-refractivity contribution in [1.29, 1.82) is 0 Å². The van der Waals surface area contributed by atoms with Crippen molar-refractivity contribution in [1.82, 2.24) is 4.90 Å². The SMILES string of the molecule is CC(C)(C)C1CCN(Cc2ccc(CN)cc2F)C1. The van der Waals surface area contributed by atoms with E-state index in [0.29, 0.717) is 24.4 Å². The molecule has 19 heavy (non-hydrogen) atoms. The van der Waals surface area contributed by atoms with Crippen LogP contribution in [0.15, 0.2) is 18.2 Å². The van der Waals surface area contributed by atoms with Crippen LogP contribution in [0.2, 0.25) is 0 Å². The summed E-state index contributed by atoms with van der Waals surface area (Å²) in [6, 6.07) is 5.37. The molecule has 0 aliphatic carbocycles. The van der Waals surface area contributed by atoms with Gasteiger partial charge in [-0.15, -0.1) is 0 Å². The van der Waals surface area contributed by atoms with Crippen LogP contribution in [0.25, 0.3) is 0 Å². The van der Waals surface area contributed by atoms with Crippen LogP contribution in [0, 0.1) is 17.2 Å². The summed E-state index contributed by atoms with van der Waals surface area (Å²) in [6.07, 6.45) is 1.21. The van der Waals surface area contributed by atoms with Crippen molar-refractivity contribution in [2.24, 2.45) is 17.1 Å². The summed E-state index contributed by atoms with van der Waals surface area (Å²) >= 11 is 0. The Morgan fingerprint density at radius 3 is 2.63 bits per heavy atom. The second-order valence-electron chi connectivity index (χ2n) is 6.72. The molecule has 0 radical (unpaired) electrons. The number of hydrogen-bond donors (Lipinski definition) is 1. The summed E-state index contributed by atoms with van der Waals surface area (Å²) in [7, 11) is 0. The van der Waals surface area contributed by atoms with Gasteiger partial charge in [-0.2, -0.15) is 0 Å². The van der Waals surface area contributed by atoms with E-state index in [4.69, 9.17) is 5.73 Å². The van der Waals surface area contributed by atoms with Crippen molar-refractivity contribution in [3.63, 3.8) is 0 Å². The quantitative estimate of drug-likeness (QED) is 0.908. The lowest BCUT2D eigenvalue weighted by Crippen LogP contribution is -2.26. The topological polar surface area (TPSA) is 29.3 Å². The third kappa shape index (κ3) is 3.54. The molecule has 0 bridgehead atoms. The summed E-state index contributed by atoms with van der Waals surface area (Å²) < 4.78 is 13.9. The van der Waals surface area contributed by atoms with Gasteiger partial charge in [0, 0.05) is 25.2 Å². The van der Waals surface area contributed by atoms with Crippen molar-refractivity contribution < 1.29 is 4.39 Å². The number of halogens is 1. The van der Waals surface area contributed by atoms with E-state index in [-0.39, 0.29) is 5.82 Å². The summed E-state index contributed by atoms with van der Waals surface area (Å²) in [5.41, 5.74) is 7.51. The molecule has 1 aliphatic heterocycles. The van der Waals surface area contributed by atoms with Crippen molar-refractivity contribution in [3.05, 3.63) is 35.1 Å². The molecule has 2 rings (SSSR count). The Kier molecular flexibility index (Phi) is 4.26. The van der Waals surface area contributed by atoms with Gasteiger partial charge in [-0.1, -0.05) is 32.9 Å². The zero-order chi connectivity index (χ0) is 14.0. The fraction of sp³-hybridized carbons (Fsp3) is 0.625. The minimum atomic E-state index is -0.123. The number of nitrogens with two attached hydrogens (primary N) is 1. The maximum atomic E-state index is 13.9. The fourth-order valence-corrected chi connectivity index (χ4v) is 2.77. The molecule has 2 N–H and O–H groups in total.